The number of hydrogen-bond donors (Lipinski definition) is 2. The van der Waals surface area contributed by atoms with Crippen molar-refractivity contribution in [3.05, 3.63) is 38.7 Å². The first-order valence-corrected chi connectivity index (χ1v) is 7.98. The summed E-state index contributed by atoms with van der Waals surface area (Å²) in [5.41, 5.74) is 0. The van der Waals surface area contributed by atoms with Crippen LogP contribution in [0, 0.1) is 22.5 Å². The van der Waals surface area contributed by atoms with Gasteiger partial charge in [-0.15, -0.1) is 17.8 Å². The van der Waals surface area contributed by atoms with Crippen LogP contribution in [0.15, 0.2) is 23.6 Å². The van der Waals surface area contributed by atoms with Crippen LogP contribution >= 0.6 is 23.1 Å². The van der Waals surface area contributed by atoms with Crippen molar-refractivity contribution in [3.8, 4) is 12.3 Å². The second kappa shape index (κ2) is 10.1. The molecule has 0 bridgehead atoms. The first-order valence-electron chi connectivity index (χ1n) is 5.95. The van der Waals surface area contributed by atoms with E-state index in [4.69, 9.17) is 6.42 Å². The van der Waals surface area contributed by atoms with Crippen molar-refractivity contribution in [2.24, 2.45) is 0 Å². The molecule has 0 saturated heterocycles. The van der Waals surface area contributed by atoms with Crippen molar-refractivity contribution in [2.75, 3.05) is 18.8 Å². The molecule has 1 heterocycles. The van der Waals surface area contributed by atoms with Crippen LogP contribution in [0.3, 0.4) is 0 Å². The van der Waals surface area contributed by atoms with Crippen LogP contribution in [-0.4, -0.2) is 28.7 Å². The molecular formula is C12H16N4O2S2. The van der Waals surface area contributed by atoms with Crippen LogP contribution in [0.1, 0.15) is 11.4 Å². The monoisotopic (exact) mass is 312 g/mol. The maximum absolute atomic E-state index is 10.4. The third-order valence-corrected chi connectivity index (χ3v) is 4.12. The highest BCUT2D eigenvalue weighted by molar-refractivity contribution is 7.98. The maximum atomic E-state index is 10.4. The quantitative estimate of drug-likeness (QED) is 0.296. The SMILES string of the molecule is C#CCN/C(=C/[N+](=O)[O-])NCCCSCc1nccs1. The highest BCUT2D eigenvalue weighted by atomic mass is 32.2. The number of hydrogen-bond acceptors (Lipinski definition) is 7. The summed E-state index contributed by atoms with van der Waals surface area (Å²) in [5.74, 6) is 4.59. The third kappa shape index (κ3) is 7.66. The first kappa shape index (κ1) is 16.3. The lowest BCUT2D eigenvalue weighted by molar-refractivity contribution is -0.404. The zero-order valence-electron chi connectivity index (χ0n) is 10.9. The van der Waals surface area contributed by atoms with E-state index in [-0.39, 0.29) is 6.54 Å². The second-order valence-electron chi connectivity index (χ2n) is 3.64. The molecule has 0 aliphatic carbocycles. The van der Waals surface area contributed by atoms with E-state index in [1.165, 1.54) is 0 Å². The molecule has 20 heavy (non-hydrogen) atoms. The summed E-state index contributed by atoms with van der Waals surface area (Å²) in [5, 5.41) is 19.2. The predicted molar refractivity (Wildman–Crippen MR) is 82.8 cm³/mol. The van der Waals surface area contributed by atoms with Crippen molar-refractivity contribution in [2.45, 2.75) is 12.2 Å². The lowest BCUT2D eigenvalue weighted by Gasteiger charge is -2.08. The average Bonchev–Trinajstić information content (AvgIpc) is 2.92. The van der Waals surface area contributed by atoms with Gasteiger partial charge >= 0.3 is 0 Å². The van der Waals surface area contributed by atoms with E-state index in [2.05, 4.69) is 21.5 Å². The zero-order chi connectivity index (χ0) is 14.6. The highest BCUT2D eigenvalue weighted by Crippen LogP contribution is 2.14. The Balaban J connectivity index is 2.14. The molecule has 1 aromatic rings. The molecule has 0 atom stereocenters. The van der Waals surface area contributed by atoms with E-state index in [9.17, 15) is 10.1 Å². The van der Waals surface area contributed by atoms with Crippen molar-refractivity contribution in [3.63, 3.8) is 0 Å². The summed E-state index contributed by atoms with van der Waals surface area (Å²) >= 11 is 3.44. The molecule has 8 heteroatoms. The number of rotatable bonds is 10. The Bertz CT molecular complexity index is 468. The summed E-state index contributed by atoms with van der Waals surface area (Å²) in [6.45, 7) is 0.910. The Hall–Kier alpha value is -1.72. The van der Waals surface area contributed by atoms with Crippen molar-refractivity contribution in [1.29, 1.82) is 0 Å². The van der Waals surface area contributed by atoms with Gasteiger partial charge in [0.15, 0.2) is 5.82 Å². The number of nitrogens with one attached hydrogen (secondary N) is 2. The molecule has 0 unspecified atom stereocenters. The van der Waals surface area contributed by atoms with E-state index in [0.29, 0.717) is 12.4 Å². The van der Waals surface area contributed by atoms with E-state index >= 15 is 0 Å². The molecule has 0 saturated carbocycles. The normalized spacial score (nSPS) is 10.8. The van der Waals surface area contributed by atoms with Crippen LogP contribution in [0.25, 0.3) is 0 Å². The zero-order valence-corrected chi connectivity index (χ0v) is 12.5. The molecule has 0 amide bonds. The fourth-order valence-corrected chi connectivity index (χ4v) is 2.95. The van der Waals surface area contributed by atoms with Gasteiger partial charge in [-0.3, -0.25) is 10.1 Å². The van der Waals surface area contributed by atoms with Gasteiger partial charge in [-0.2, -0.15) is 11.8 Å². The smallest absolute Gasteiger partial charge is 0.274 e. The van der Waals surface area contributed by atoms with Gasteiger partial charge in [0.05, 0.1) is 11.5 Å². The van der Waals surface area contributed by atoms with Crippen molar-refractivity contribution < 1.29 is 4.92 Å². The number of nitro groups is 1. The molecule has 6 nitrogen and oxygen atoms in total. The van der Waals surface area contributed by atoms with Crippen LogP contribution in [-0.2, 0) is 5.75 Å². The molecule has 108 valence electrons. The topological polar surface area (TPSA) is 80.1 Å². The Kier molecular flexibility index (Phi) is 8.26. The van der Waals surface area contributed by atoms with Gasteiger partial charge < -0.3 is 10.6 Å². The number of thioether (sulfide) groups is 1. The van der Waals surface area contributed by atoms with Gasteiger partial charge in [-0.05, 0) is 12.2 Å². The number of terminal acetylenes is 1. The predicted octanol–water partition coefficient (Wildman–Crippen LogP) is 1.65. The van der Waals surface area contributed by atoms with E-state index in [0.717, 1.165) is 29.1 Å². The Morgan fingerprint density at radius 2 is 2.50 bits per heavy atom. The van der Waals surface area contributed by atoms with Crippen molar-refractivity contribution >= 4 is 23.1 Å². The standard InChI is InChI=1S/C12H16N4O2S2/c1-2-4-13-11(9-16(17)18)14-5-3-7-19-10-12-15-6-8-20-12/h1,6,8-9,13-14H,3-5,7,10H2/b11-9-. The molecule has 0 aliphatic heterocycles. The lowest BCUT2D eigenvalue weighted by Crippen LogP contribution is -2.28. The minimum Gasteiger partial charge on any atom is -0.367 e. The van der Waals surface area contributed by atoms with Gasteiger partial charge in [0.1, 0.15) is 5.01 Å². The number of aromatic nitrogens is 1. The summed E-state index contributed by atoms with van der Waals surface area (Å²) in [4.78, 5) is 14.1. The number of thiazole rings is 1. The van der Waals surface area contributed by atoms with Gasteiger partial charge in [0.2, 0.25) is 0 Å². The van der Waals surface area contributed by atoms with E-state index < -0.39 is 4.92 Å². The summed E-state index contributed by atoms with van der Waals surface area (Å²) < 4.78 is 0. The molecule has 0 aromatic carbocycles. The molecular weight excluding hydrogens is 296 g/mol. The van der Waals surface area contributed by atoms with Crippen LogP contribution < -0.4 is 10.6 Å². The molecule has 1 aromatic heterocycles. The number of nitrogens with zero attached hydrogens (tertiary/aromatic N) is 2. The Labute approximate surface area is 126 Å². The summed E-state index contributed by atoms with van der Waals surface area (Å²) in [6, 6.07) is 0. The molecule has 0 radical (unpaired) electrons. The molecule has 0 spiro atoms. The van der Waals surface area contributed by atoms with Crippen LogP contribution in [0.5, 0.6) is 0 Å². The molecule has 0 aliphatic rings. The minimum atomic E-state index is -0.511. The summed E-state index contributed by atoms with van der Waals surface area (Å²) in [6.07, 6.45) is 8.70. The van der Waals surface area contributed by atoms with E-state index in [1.54, 1.807) is 29.3 Å². The minimum absolute atomic E-state index is 0.255. The molecule has 2 N–H and O–H groups in total. The van der Waals surface area contributed by atoms with Gasteiger partial charge in [-0.1, -0.05) is 5.92 Å². The largest absolute Gasteiger partial charge is 0.367 e. The van der Waals surface area contributed by atoms with Crippen LogP contribution in [0.4, 0.5) is 0 Å². The van der Waals surface area contributed by atoms with Gasteiger partial charge in [-0.25, -0.2) is 4.98 Å². The lowest BCUT2D eigenvalue weighted by atomic mass is 10.4. The van der Waals surface area contributed by atoms with Crippen molar-refractivity contribution in [1.82, 2.24) is 15.6 Å². The second-order valence-corrected chi connectivity index (χ2v) is 5.73. The van der Waals surface area contributed by atoms with Gasteiger partial charge in [0.25, 0.3) is 6.20 Å². The van der Waals surface area contributed by atoms with Gasteiger partial charge in [0, 0.05) is 23.9 Å². The fourth-order valence-electron chi connectivity index (χ4n) is 1.29. The molecule has 0 fully saturated rings. The van der Waals surface area contributed by atoms with Crippen LogP contribution in [0.2, 0.25) is 0 Å². The first-order chi connectivity index (χ1) is 9.72. The fraction of sp³-hybridized carbons (Fsp3) is 0.417. The average molecular weight is 312 g/mol. The molecule has 1 rings (SSSR count). The maximum Gasteiger partial charge on any atom is 0.274 e. The Morgan fingerprint density at radius 1 is 1.65 bits per heavy atom. The highest BCUT2D eigenvalue weighted by Gasteiger charge is 2.01. The van der Waals surface area contributed by atoms with E-state index in [1.807, 2.05) is 5.38 Å². The third-order valence-electron chi connectivity index (χ3n) is 2.11. The summed E-state index contributed by atoms with van der Waals surface area (Å²) in [7, 11) is 0. The Morgan fingerprint density at radius 3 is 3.15 bits per heavy atom.